The molecular weight excluding hydrogens is 308 g/mol. The highest BCUT2D eigenvalue weighted by Crippen LogP contribution is 2.15. The quantitative estimate of drug-likeness (QED) is 0.471. The van der Waals surface area contributed by atoms with Gasteiger partial charge in [-0.2, -0.15) is 5.10 Å². The lowest BCUT2D eigenvalue weighted by Crippen LogP contribution is -2.25. The summed E-state index contributed by atoms with van der Waals surface area (Å²) in [5, 5.41) is 14.7. The Morgan fingerprint density at radius 2 is 1.95 bits per heavy atom. The number of benzene rings is 1. The van der Waals surface area contributed by atoms with Crippen molar-refractivity contribution in [1.29, 1.82) is 0 Å². The van der Waals surface area contributed by atoms with Gasteiger partial charge in [-0.05, 0) is 31.5 Å². The van der Waals surface area contributed by atoms with Gasteiger partial charge >= 0.3 is 0 Å². The summed E-state index contributed by atoms with van der Waals surface area (Å²) in [4.78, 5) is 9.98. The largest absolute Gasteiger partial charge is 0.272 e. The van der Waals surface area contributed by atoms with Crippen molar-refractivity contribution >= 4 is 15.7 Å². The first-order valence-corrected chi connectivity index (χ1v) is 8.11. The zero-order chi connectivity index (χ0) is 16.2. The number of nitro groups is 1. The molecular formula is C13H16N4O4S. The zero-order valence-corrected chi connectivity index (χ0v) is 12.8. The minimum Gasteiger partial charge on any atom is -0.272 e. The molecule has 118 valence electrons. The molecule has 1 aromatic carbocycles. The Kier molecular flexibility index (Phi) is 4.88. The molecule has 0 atom stereocenters. The van der Waals surface area contributed by atoms with Gasteiger partial charge in [0.15, 0.2) is 0 Å². The maximum atomic E-state index is 12.0. The van der Waals surface area contributed by atoms with Crippen molar-refractivity contribution in [2.45, 2.75) is 24.8 Å². The molecule has 2 aromatic rings. The lowest BCUT2D eigenvalue weighted by molar-refractivity contribution is -0.384. The van der Waals surface area contributed by atoms with Crippen LogP contribution in [-0.4, -0.2) is 29.7 Å². The molecule has 9 heteroatoms. The summed E-state index contributed by atoms with van der Waals surface area (Å²) >= 11 is 0. The van der Waals surface area contributed by atoms with E-state index in [0.29, 0.717) is 13.0 Å². The Labute approximate surface area is 128 Å². The first-order chi connectivity index (χ1) is 10.4. The SMILES string of the molecule is Cc1ccn(CCCNS(=O)(=O)c2ccc([N+](=O)[O-])cc2)n1. The molecule has 1 N–H and O–H groups in total. The second-order valence-corrected chi connectivity index (χ2v) is 6.49. The van der Waals surface area contributed by atoms with Crippen LogP contribution in [0, 0.1) is 17.0 Å². The highest BCUT2D eigenvalue weighted by atomic mass is 32.2. The Bertz CT molecular complexity index is 753. The van der Waals surface area contributed by atoms with E-state index in [-0.39, 0.29) is 17.1 Å². The number of nitrogens with one attached hydrogen (secondary N) is 1. The molecule has 0 saturated heterocycles. The van der Waals surface area contributed by atoms with Crippen LogP contribution in [0.2, 0.25) is 0 Å². The van der Waals surface area contributed by atoms with Gasteiger partial charge < -0.3 is 0 Å². The number of aromatic nitrogens is 2. The van der Waals surface area contributed by atoms with Crippen LogP contribution in [0.1, 0.15) is 12.1 Å². The highest BCUT2D eigenvalue weighted by Gasteiger charge is 2.15. The van der Waals surface area contributed by atoms with Gasteiger partial charge in [0.1, 0.15) is 0 Å². The molecule has 0 aliphatic heterocycles. The number of nitro benzene ring substituents is 1. The average Bonchev–Trinajstić information content (AvgIpc) is 2.89. The lowest BCUT2D eigenvalue weighted by atomic mass is 10.3. The van der Waals surface area contributed by atoms with E-state index in [1.807, 2.05) is 19.2 Å². The normalized spacial score (nSPS) is 11.5. The predicted molar refractivity (Wildman–Crippen MR) is 79.9 cm³/mol. The van der Waals surface area contributed by atoms with Gasteiger partial charge in [0.25, 0.3) is 5.69 Å². The van der Waals surface area contributed by atoms with Gasteiger partial charge in [-0.25, -0.2) is 13.1 Å². The third-order valence-corrected chi connectivity index (χ3v) is 4.46. The molecule has 0 spiro atoms. The third-order valence-electron chi connectivity index (χ3n) is 2.99. The van der Waals surface area contributed by atoms with E-state index in [9.17, 15) is 18.5 Å². The molecule has 8 nitrogen and oxygen atoms in total. The maximum Gasteiger partial charge on any atom is 0.269 e. The molecule has 0 amide bonds. The van der Waals surface area contributed by atoms with Crippen LogP contribution in [-0.2, 0) is 16.6 Å². The minimum atomic E-state index is -3.65. The third kappa shape index (κ3) is 4.12. The fraction of sp³-hybridized carbons (Fsp3) is 0.308. The van der Waals surface area contributed by atoms with Crippen molar-refractivity contribution < 1.29 is 13.3 Å². The van der Waals surface area contributed by atoms with E-state index in [1.54, 1.807) is 4.68 Å². The van der Waals surface area contributed by atoms with Crippen molar-refractivity contribution in [3.05, 3.63) is 52.3 Å². The number of sulfonamides is 1. The van der Waals surface area contributed by atoms with Crippen LogP contribution >= 0.6 is 0 Å². The molecule has 0 radical (unpaired) electrons. The average molecular weight is 324 g/mol. The van der Waals surface area contributed by atoms with E-state index in [4.69, 9.17) is 0 Å². The van der Waals surface area contributed by atoms with E-state index in [1.165, 1.54) is 24.3 Å². The van der Waals surface area contributed by atoms with Gasteiger partial charge in [0.05, 0.1) is 15.5 Å². The summed E-state index contributed by atoms with van der Waals surface area (Å²) in [6, 6.07) is 6.65. The van der Waals surface area contributed by atoms with Gasteiger partial charge in [0.2, 0.25) is 10.0 Å². The standard InChI is InChI=1S/C13H16N4O4S/c1-11-7-10-16(15-11)9-2-8-14-22(20,21)13-5-3-12(4-6-13)17(18)19/h3-7,10,14H,2,8-9H2,1H3. The number of aryl methyl sites for hydroxylation is 2. The molecule has 1 heterocycles. The molecule has 0 aliphatic rings. The van der Waals surface area contributed by atoms with E-state index in [0.717, 1.165) is 5.69 Å². The Balaban J connectivity index is 1.89. The molecule has 2 rings (SSSR count). The minimum absolute atomic E-state index is 0.00744. The summed E-state index contributed by atoms with van der Waals surface area (Å²) in [5.74, 6) is 0. The summed E-state index contributed by atoms with van der Waals surface area (Å²) in [6.07, 6.45) is 2.42. The first-order valence-electron chi connectivity index (χ1n) is 6.63. The van der Waals surface area contributed by atoms with Crippen LogP contribution in [0.5, 0.6) is 0 Å². The summed E-state index contributed by atoms with van der Waals surface area (Å²) in [6.45, 7) is 2.75. The van der Waals surface area contributed by atoms with Crippen LogP contribution < -0.4 is 4.72 Å². The fourth-order valence-corrected chi connectivity index (χ4v) is 2.94. The van der Waals surface area contributed by atoms with Crippen molar-refractivity contribution in [2.75, 3.05) is 6.54 Å². The number of nitrogens with zero attached hydrogens (tertiary/aromatic N) is 3. The first kappa shape index (κ1) is 16.1. The predicted octanol–water partition coefficient (Wildman–Crippen LogP) is 1.47. The Hall–Kier alpha value is -2.26. The van der Waals surface area contributed by atoms with Gasteiger partial charge in [0, 0.05) is 31.4 Å². The topological polar surface area (TPSA) is 107 Å². The molecule has 1 aromatic heterocycles. The van der Waals surface area contributed by atoms with Crippen molar-refractivity contribution in [3.63, 3.8) is 0 Å². The Morgan fingerprint density at radius 3 is 2.50 bits per heavy atom. The molecule has 0 saturated carbocycles. The van der Waals surface area contributed by atoms with Gasteiger partial charge in [-0.15, -0.1) is 0 Å². The summed E-state index contributed by atoms with van der Waals surface area (Å²) < 4.78 is 28.3. The van der Waals surface area contributed by atoms with E-state index >= 15 is 0 Å². The smallest absolute Gasteiger partial charge is 0.269 e. The van der Waals surface area contributed by atoms with Crippen LogP contribution in [0.25, 0.3) is 0 Å². The number of rotatable bonds is 7. The second-order valence-electron chi connectivity index (χ2n) is 4.72. The van der Waals surface area contributed by atoms with Crippen molar-refractivity contribution in [1.82, 2.24) is 14.5 Å². The fourth-order valence-electron chi connectivity index (χ4n) is 1.87. The molecule has 0 unspecified atom stereocenters. The van der Waals surface area contributed by atoms with E-state index < -0.39 is 14.9 Å². The zero-order valence-electron chi connectivity index (χ0n) is 12.0. The number of hydrogen-bond acceptors (Lipinski definition) is 5. The van der Waals surface area contributed by atoms with Crippen LogP contribution in [0.3, 0.4) is 0 Å². The van der Waals surface area contributed by atoms with E-state index in [2.05, 4.69) is 9.82 Å². The maximum absolute atomic E-state index is 12.0. The summed E-state index contributed by atoms with van der Waals surface area (Å²) in [7, 11) is -3.65. The van der Waals surface area contributed by atoms with Gasteiger partial charge in [-0.1, -0.05) is 0 Å². The summed E-state index contributed by atoms with van der Waals surface area (Å²) in [5.41, 5.74) is 0.763. The van der Waals surface area contributed by atoms with Gasteiger partial charge in [-0.3, -0.25) is 14.8 Å². The van der Waals surface area contributed by atoms with Crippen LogP contribution in [0.4, 0.5) is 5.69 Å². The van der Waals surface area contributed by atoms with Crippen molar-refractivity contribution in [2.24, 2.45) is 0 Å². The molecule has 0 aliphatic carbocycles. The number of hydrogen-bond donors (Lipinski definition) is 1. The molecule has 0 bridgehead atoms. The monoisotopic (exact) mass is 324 g/mol. The number of non-ortho nitro benzene ring substituents is 1. The molecule has 22 heavy (non-hydrogen) atoms. The highest BCUT2D eigenvalue weighted by molar-refractivity contribution is 7.89. The van der Waals surface area contributed by atoms with Crippen LogP contribution in [0.15, 0.2) is 41.4 Å². The molecule has 0 fully saturated rings. The Morgan fingerprint density at radius 1 is 1.27 bits per heavy atom. The van der Waals surface area contributed by atoms with Crippen molar-refractivity contribution in [3.8, 4) is 0 Å². The lowest BCUT2D eigenvalue weighted by Gasteiger charge is -2.06. The second kappa shape index (κ2) is 6.67.